The summed E-state index contributed by atoms with van der Waals surface area (Å²) in [7, 11) is 0. The first-order chi connectivity index (χ1) is 22.3. The number of fused-ring (bicyclic) bond motifs is 2. The molecule has 5 rings (SSSR count). The fourth-order valence-corrected chi connectivity index (χ4v) is 4.98. The number of benzene rings is 4. The highest BCUT2D eigenvalue weighted by atomic mass is 19.2. The van der Waals surface area contributed by atoms with Gasteiger partial charge in [0.2, 0.25) is 17.6 Å². The molecule has 0 fully saturated rings. The quantitative estimate of drug-likeness (QED) is 0.0811. The molecule has 1 heterocycles. The smallest absolute Gasteiger partial charge is 0.339 e. The average Bonchev–Trinajstić information content (AvgIpc) is 3.03. The van der Waals surface area contributed by atoms with Gasteiger partial charge in [0.1, 0.15) is 28.4 Å². The Morgan fingerprint density at radius 2 is 1.28 bits per heavy atom. The van der Waals surface area contributed by atoms with Crippen LogP contribution in [0.2, 0.25) is 0 Å². The van der Waals surface area contributed by atoms with E-state index in [0.29, 0.717) is 11.1 Å². The number of aromatic hydroxyl groups is 1. The standard InChI is InChI=1S/C31H21F5N4O7/c32-25-24(26(33)28(35)29(36)27(25)34)30(44)40-13-5-7-15-19(9-13)47-18-8-12(39-21(43)11-38-20(42)10-37)4-6-14(18)22(15)16-2-1-3-17(41)23(16)31(45)46/h1-9,22,41H,10-11,37H2,(H,38,42)(H,39,43)(H,40,44)(H,45,46). The minimum absolute atomic E-state index is 0.0453. The molecule has 11 nitrogen and oxygen atoms in total. The molecule has 1 unspecified atom stereocenters. The van der Waals surface area contributed by atoms with Crippen LogP contribution in [-0.4, -0.2) is 47.0 Å². The maximum atomic E-state index is 14.3. The minimum atomic E-state index is -2.44. The molecule has 4 aromatic rings. The van der Waals surface area contributed by atoms with Crippen molar-refractivity contribution in [1.29, 1.82) is 0 Å². The van der Waals surface area contributed by atoms with Gasteiger partial charge in [0.25, 0.3) is 5.91 Å². The SMILES string of the molecule is NCC(=O)NCC(=O)Nc1ccc2c(c1)Oc1cc(NC(=O)c3c(F)c(F)c(F)c(F)c3F)ccc1C2c1cccc(O)c1C(=O)O. The summed E-state index contributed by atoms with van der Waals surface area (Å²) in [6.07, 6.45) is 0. The van der Waals surface area contributed by atoms with Gasteiger partial charge in [-0.1, -0.05) is 24.3 Å². The maximum Gasteiger partial charge on any atom is 0.339 e. The number of halogens is 5. The molecular formula is C31H21F5N4O7. The van der Waals surface area contributed by atoms with Gasteiger partial charge in [0.05, 0.1) is 13.1 Å². The number of nitrogens with one attached hydrogen (secondary N) is 3. The van der Waals surface area contributed by atoms with Crippen LogP contribution in [0.1, 0.15) is 43.3 Å². The first kappa shape index (κ1) is 32.4. The number of amides is 3. The second kappa shape index (κ2) is 12.8. The summed E-state index contributed by atoms with van der Waals surface area (Å²) in [6.45, 7) is -0.741. The first-order valence-electron chi connectivity index (χ1n) is 13.4. The van der Waals surface area contributed by atoms with E-state index in [9.17, 15) is 51.3 Å². The largest absolute Gasteiger partial charge is 0.507 e. The summed E-state index contributed by atoms with van der Waals surface area (Å²) in [5, 5.41) is 27.2. The lowest BCUT2D eigenvalue weighted by atomic mass is 9.80. The van der Waals surface area contributed by atoms with Gasteiger partial charge in [-0.2, -0.15) is 0 Å². The Bertz CT molecular complexity index is 1960. The van der Waals surface area contributed by atoms with Crippen molar-refractivity contribution in [2.24, 2.45) is 5.73 Å². The van der Waals surface area contributed by atoms with Gasteiger partial charge in [-0.25, -0.2) is 26.7 Å². The van der Waals surface area contributed by atoms with Crippen LogP contribution < -0.4 is 26.4 Å². The molecule has 0 aromatic heterocycles. The van der Waals surface area contributed by atoms with E-state index in [2.05, 4.69) is 16.0 Å². The number of aromatic carboxylic acids is 1. The molecule has 1 aliphatic heterocycles. The third-order valence-corrected chi connectivity index (χ3v) is 7.08. The van der Waals surface area contributed by atoms with E-state index in [1.807, 2.05) is 0 Å². The van der Waals surface area contributed by atoms with Gasteiger partial charge in [-0.15, -0.1) is 0 Å². The molecule has 1 atom stereocenters. The number of nitrogens with two attached hydrogens (primary N) is 1. The van der Waals surface area contributed by atoms with E-state index in [1.165, 1.54) is 48.5 Å². The highest BCUT2D eigenvalue weighted by Crippen LogP contribution is 2.50. The number of ether oxygens (including phenoxy) is 1. The molecule has 0 radical (unpaired) electrons. The van der Waals surface area contributed by atoms with Crippen LogP contribution in [0.25, 0.3) is 0 Å². The molecule has 16 heteroatoms. The van der Waals surface area contributed by atoms with Gasteiger partial charge in [0.15, 0.2) is 23.3 Å². The Labute approximate surface area is 260 Å². The Hall–Kier alpha value is -6.03. The lowest BCUT2D eigenvalue weighted by molar-refractivity contribution is -0.123. The topological polar surface area (TPSA) is 180 Å². The number of carboxylic acid groups (broad SMARTS) is 1. The van der Waals surface area contributed by atoms with Crippen molar-refractivity contribution < 1.29 is 56.1 Å². The van der Waals surface area contributed by atoms with Crippen molar-refractivity contribution in [3.63, 3.8) is 0 Å². The van der Waals surface area contributed by atoms with Crippen LogP contribution in [-0.2, 0) is 9.59 Å². The predicted molar refractivity (Wildman–Crippen MR) is 154 cm³/mol. The van der Waals surface area contributed by atoms with E-state index in [-0.39, 0.29) is 35.0 Å². The predicted octanol–water partition coefficient (Wildman–Crippen LogP) is 4.34. The fraction of sp³-hybridized carbons (Fsp3) is 0.0968. The maximum absolute atomic E-state index is 14.3. The van der Waals surface area contributed by atoms with Gasteiger partial charge < -0.3 is 36.6 Å². The van der Waals surface area contributed by atoms with Crippen LogP contribution in [0.4, 0.5) is 33.3 Å². The summed E-state index contributed by atoms with van der Waals surface area (Å²) in [5.74, 6) is -17.5. The number of carbonyl (C=O) groups is 4. The van der Waals surface area contributed by atoms with Crippen molar-refractivity contribution >= 4 is 35.1 Å². The Morgan fingerprint density at radius 1 is 0.723 bits per heavy atom. The van der Waals surface area contributed by atoms with Crippen molar-refractivity contribution in [2.45, 2.75) is 5.92 Å². The van der Waals surface area contributed by atoms with Crippen molar-refractivity contribution in [2.75, 3.05) is 23.7 Å². The van der Waals surface area contributed by atoms with E-state index in [4.69, 9.17) is 10.5 Å². The van der Waals surface area contributed by atoms with Crippen molar-refractivity contribution in [3.8, 4) is 17.2 Å². The normalized spacial score (nSPS) is 13.1. The number of carboxylic acids is 1. The fourth-order valence-electron chi connectivity index (χ4n) is 4.98. The highest BCUT2D eigenvalue weighted by molar-refractivity contribution is 6.05. The monoisotopic (exact) mass is 656 g/mol. The van der Waals surface area contributed by atoms with Gasteiger partial charge in [0, 0.05) is 40.6 Å². The molecule has 242 valence electrons. The van der Waals surface area contributed by atoms with Crippen LogP contribution in [0.15, 0.2) is 54.6 Å². The Kier molecular flexibility index (Phi) is 8.79. The van der Waals surface area contributed by atoms with Crippen molar-refractivity contribution in [3.05, 3.63) is 112 Å². The molecule has 4 aromatic carbocycles. The molecule has 1 aliphatic rings. The van der Waals surface area contributed by atoms with Gasteiger partial charge >= 0.3 is 5.97 Å². The number of hydrogen-bond donors (Lipinski definition) is 6. The summed E-state index contributed by atoms with van der Waals surface area (Å²) < 4.78 is 75.5. The zero-order chi connectivity index (χ0) is 34.2. The molecule has 0 saturated heterocycles. The molecule has 3 amide bonds. The van der Waals surface area contributed by atoms with Crippen LogP contribution >= 0.6 is 0 Å². The first-order valence-corrected chi connectivity index (χ1v) is 13.4. The number of carbonyl (C=O) groups excluding carboxylic acids is 3. The second-order valence-electron chi connectivity index (χ2n) is 10.0. The molecule has 0 spiro atoms. The van der Waals surface area contributed by atoms with Crippen LogP contribution in [0, 0.1) is 29.1 Å². The zero-order valence-corrected chi connectivity index (χ0v) is 23.6. The third-order valence-electron chi connectivity index (χ3n) is 7.08. The highest BCUT2D eigenvalue weighted by Gasteiger charge is 2.34. The van der Waals surface area contributed by atoms with Gasteiger partial charge in [-0.3, -0.25) is 14.4 Å². The summed E-state index contributed by atoms with van der Waals surface area (Å²) >= 11 is 0. The molecule has 0 saturated carbocycles. The molecule has 7 N–H and O–H groups in total. The van der Waals surface area contributed by atoms with Gasteiger partial charge in [-0.05, 0) is 23.8 Å². The van der Waals surface area contributed by atoms with E-state index >= 15 is 0 Å². The number of anilines is 2. The summed E-state index contributed by atoms with van der Waals surface area (Å²) in [4.78, 5) is 48.6. The molecular weight excluding hydrogens is 635 g/mol. The molecule has 0 bridgehead atoms. The van der Waals surface area contributed by atoms with Crippen LogP contribution in [0.3, 0.4) is 0 Å². The Morgan fingerprint density at radius 3 is 1.83 bits per heavy atom. The van der Waals surface area contributed by atoms with E-state index in [0.717, 1.165) is 6.07 Å². The third kappa shape index (κ3) is 6.13. The van der Waals surface area contributed by atoms with Crippen molar-refractivity contribution in [1.82, 2.24) is 5.32 Å². The lowest BCUT2D eigenvalue weighted by Crippen LogP contribution is -2.36. The Balaban J connectivity index is 1.56. The summed E-state index contributed by atoms with van der Waals surface area (Å²) in [6, 6.07) is 12.1. The number of hydrogen-bond acceptors (Lipinski definition) is 7. The number of phenols is 1. The lowest BCUT2D eigenvalue weighted by Gasteiger charge is -2.30. The number of rotatable bonds is 8. The molecule has 0 aliphatic carbocycles. The zero-order valence-electron chi connectivity index (χ0n) is 23.6. The van der Waals surface area contributed by atoms with Crippen LogP contribution in [0.5, 0.6) is 17.2 Å². The average molecular weight is 657 g/mol. The summed E-state index contributed by atoms with van der Waals surface area (Å²) in [5.41, 5.74) is 3.80. The van der Waals surface area contributed by atoms with E-state index < -0.39 is 82.1 Å². The van der Waals surface area contributed by atoms with E-state index in [1.54, 1.807) is 0 Å². The minimum Gasteiger partial charge on any atom is -0.507 e. The molecule has 47 heavy (non-hydrogen) atoms. The second-order valence-corrected chi connectivity index (χ2v) is 10.0.